The van der Waals surface area contributed by atoms with Gasteiger partial charge in [-0.3, -0.25) is 14.2 Å². The minimum atomic E-state index is -0.344. The lowest BCUT2D eigenvalue weighted by atomic mass is 10.2. The quantitative estimate of drug-likeness (QED) is 0.707. The van der Waals surface area contributed by atoms with Crippen LogP contribution in [0.25, 0.3) is 10.9 Å². The summed E-state index contributed by atoms with van der Waals surface area (Å²) < 4.78 is 1.25. The Bertz CT molecular complexity index is 1000. The van der Waals surface area contributed by atoms with E-state index in [0.29, 0.717) is 20.9 Å². The van der Waals surface area contributed by atoms with Gasteiger partial charge in [0.2, 0.25) is 0 Å². The van der Waals surface area contributed by atoms with Crippen LogP contribution in [-0.4, -0.2) is 21.9 Å². The van der Waals surface area contributed by atoms with Gasteiger partial charge in [-0.2, -0.15) is 0 Å². The fourth-order valence-corrected chi connectivity index (χ4v) is 2.73. The first-order valence-corrected chi connectivity index (χ1v) is 8.43. The van der Waals surface area contributed by atoms with Gasteiger partial charge in [0.05, 0.1) is 40.4 Å². The molecule has 0 amide bonds. The molecule has 0 radical (unpaired) electrons. The zero-order valence-electron chi connectivity index (χ0n) is 12.8. The number of rotatable bonds is 5. The molecule has 1 aromatic heterocycles. The second-order valence-corrected chi connectivity index (χ2v) is 6.61. The molecule has 2 aromatic carbocycles. The van der Waals surface area contributed by atoms with Crippen molar-refractivity contribution in [1.29, 1.82) is 0 Å². The first-order chi connectivity index (χ1) is 11.9. The average Bonchev–Trinajstić information content (AvgIpc) is 2.59. The van der Waals surface area contributed by atoms with Crippen molar-refractivity contribution >= 4 is 57.2 Å². The Hall–Kier alpha value is -2.08. The van der Waals surface area contributed by atoms with Crippen molar-refractivity contribution in [1.82, 2.24) is 9.55 Å². The number of carbonyl (C=O) groups is 1. The molecule has 0 aliphatic rings. The molecule has 0 fully saturated rings. The predicted octanol–water partition coefficient (Wildman–Crippen LogP) is 4.04. The van der Waals surface area contributed by atoms with E-state index >= 15 is 0 Å². The molecule has 3 aromatic rings. The van der Waals surface area contributed by atoms with E-state index in [1.54, 1.807) is 24.3 Å². The number of benzene rings is 2. The maximum atomic E-state index is 12.5. The molecule has 3 rings (SSSR count). The van der Waals surface area contributed by atoms with E-state index < -0.39 is 0 Å². The lowest BCUT2D eigenvalue weighted by Gasteiger charge is -2.08. The van der Waals surface area contributed by atoms with Gasteiger partial charge in [-0.15, -0.1) is 0 Å². The van der Waals surface area contributed by atoms with Crippen LogP contribution in [0, 0.1) is 0 Å². The molecule has 0 unspecified atom stereocenters. The fraction of sp³-hybridized carbons (Fsp3) is 0.118. The van der Waals surface area contributed by atoms with Crippen LogP contribution in [0.2, 0.25) is 15.1 Å². The van der Waals surface area contributed by atoms with E-state index in [9.17, 15) is 9.59 Å². The molecule has 0 bridgehead atoms. The van der Waals surface area contributed by atoms with Crippen LogP contribution >= 0.6 is 34.8 Å². The smallest absolute Gasteiger partial charge is 0.261 e. The summed E-state index contributed by atoms with van der Waals surface area (Å²) >= 11 is 17.7. The number of hydrogen-bond acceptors (Lipinski definition) is 4. The second kappa shape index (κ2) is 7.44. The highest BCUT2D eigenvalue weighted by Crippen LogP contribution is 2.25. The zero-order chi connectivity index (χ0) is 18.0. The van der Waals surface area contributed by atoms with Gasteiger partial charge >= 0.3 is 0 Å². The molecule has 8 heteroatoms. The molecule has 1 N–H and O–H groups in total. The molecule has 0 aliphatic heterocycles. The standard InChI is InChI=1S/C17H12Cl3N3O2/c18-10-1-3-11(4-2-10)21-7-12(24)8-23-9-22-16-6-15(20)14(19)5-13(16)17(23)25/h1-6,9,21H,7-8H2. The van der Waals surface area contributed by atoms with Gasteiger partial charge in [-0.05, 0) is 36.4 Å². The number of aromatic nitrogens is 2. The van der Waals surface area contributed by atoms with E-state index in [0.717, 1.165) is 5.69 Å². The van der Waals surface area contributed by atoms with Crippen LogP contribution in [0.3, 0.4) is 0 Å². The summed E-state index contributed by atoms with van der Waals surface area (Å²) in [5, 5.41) is 4.50. The number of fused-ring (bicyclic) bond motifs is 1. The molecule has 0 spiro atoms. The second-order valence-electron chi connectivity index (χ2n) is 5.36. The van der Waals surface area contributed by atoms with Crippen LogP contribution in [-0.2, 0) is 11.3 Å². The Morgan fingerprint density at radius 2 is 1.76 bits per heavy atom. The van der Waals surface area contributed by atoms with Crippen LogP contribution in [0.1, 0.15) is 0 Å². The number of nitrogens with zero attached hydrogens (tertiary/aromatic N) is 2. The van der Waals surface area contributed by atoms with Crippen molar-refractivity contribution in [2.75, 3.05) is 11.9 Å². The Balaban J connectivity index is 1.74. The van der Waals surface area contributed by atoms with E-state index in [-0.39, 0.29) is 29.5 Å². The average molecular weight is 397 g/mol. The molecule has 5 nitrogen and oxygen atoms in total. The molecule has 0 atom stereocenters. The molecule has 25 heavy (non-hydrogen) atoms. The Morgan fingerprint density at radius 3 is 2.48 bits per heavy atom. The highest BCUT2D eigenvalue weighted by atomic mass is 35.5. The van der Waals surface area contributed by atoms with Crippen LogP contribution in [0.5, 0.6) is 0 Å². The number of nitrogens with one attached hydrogen (secondary N) is 1. The highest BCUT2D eigenvalue weighted by molar-refractivity contribution is 6.42. The fourth-order valence-electron chi connectivity index (χ4n) is 2.28. The van der Waals surface area contributed by atoms with E-state index in [1.165, 1.54) is 23.0 Å². The molecule has 0 saturated carbocycles. The SMILES string of the molecule is O=C(CNc1ccc(Cl)cc1)Cn1cnc2cc(Cl)c(Cl)cc2c1=O. The largest absolute Gasteiger partial charge is 0.378 e. The first kappa shape index (κ1) is 17.7. The van der Waals surface area contributed by atoms with E-state index in [4.69, 9.17) is 34.8 Å². The van der Waals surface area contributed by atoms with E-state index in [1.807, 2.05) is 0 Å². The van der Waals surface area contributed by atoms with Crippen molar-refractivity contribution in [2.24, 2.45) is 0 Å². The zero-order valence-corrected chi connectivity index (χ0v) is 15.1. The lowest BCUT2D eigenvalue weighted by molar-refractivity contribution is -0.118. The van der Waals surface area contributed by atoms with Crippen molar-refractivity contribution in [3.05, 3.63) is 68.1 Å². The van der Waals surface area contributed by atoms with Crippen LogP contribution in [0.15, 0.2) is 47.5 Å². The summed E-state index contributed by atoms with van der Waals surface area (Å²) in [6.07, 6.45) is 1.33. The van der Waals surface area contributed by atoms with E-state index in [2.05, 4.69) is 10.3 Å². The van der Waals surface area contributed by atoms with Gasteiger partial charge in [-0.25, -0.2) is 4.98 Å². The number of halogens is 3. The summed E-state index contributed by atoms with van der Waals surface area (Å²) in [5.41, 5.74) is 0.856. The third-order valence-corrected chi connectivity index (χ3v) is 4.52. The first-order valence-electron chi connectivity index (χ1n) is 7.29. The number of Topliss-reactive ketones (excluding diaryl/α,β-unsaturated/α-hetero) is 1. The maximum Gasteiger partial charge on any atom is 0.261 e. The Morgan fingerprint density at radius 1 is 1.08 bits per heavy atom. The predicted molar refractivity (Wildman–Crippen MR) is 101 cm³/mol. The molecule has 1 heterocycles. The Kier molecular flexibility index (Phi) is 5.27. The molecular formula is C17H12Cl3N3O2. The Labute approximate surface area is 158 Å². The summed E-state index contributed by atoms with van der Waals surface area (Å²) in [4.78, 5) is 28.8. The van der Waals surface area contributed by atoms with Crippen molar-refractivity contribution in [3.8, 4) is 0 Å². The summed E-state index contributed by atoms with van der Waals surface area (Å²) in [6, 6.07) is 9.97. The third kappa shape index (κ3) is 4.12. The van der Waals surface area contributed by atoms with Gasteiger partial charge < -0.3 is 5.32 Å². The summed E-state index contributed by atoms with van der Waals surface area (Å²) in [5.74, 6) is -0.168. The number of ketones is 1. The minimum absolute atomic E-state index is 0.0769. The monoisotopic (exact) mass is 395 g/mol. The topological polar surface area (TPSA) is 64.0 Å². The number of anilines is 1. The highest BCUT2D eigenvalue weighted by Gasteiger charge is 2.10. The third-order valence-electron chi connectivity index (χ3n) is 3.55. The van der Waals surface area contributed by atoms with Gasteiger partial charge in [-0.1, -0.05) is 34.8 Å². The van der Waals surface area contributed by atoms with Gasteiger partial charge in [0.15, 0.2) is 5.78 Å². The van der Waals surface area contributed by atoms with Crippen molar-refractivity contribution in [3.63, 3.8) is 0 Å². The molecular weight excluding hydrogens is 385 g/mol. The minimum Gasteiger partial charge on any atom is -0.378 e. The number of hydrogen-bond donors (Lipinski definition) is 1. The molecule has 0 saturated heterocycles. The number of carbonyl (C=O) groups excluding carboxylic acids is 1. The lowest BCUT2D eigenvalue weighted by Crippen LogP contribution is -2.27. The van der Waals surface area contributed by atoms with Crippen molar-refractivity contribution in [2.45, 2.75) is 6.54 Å². The van der Waals surface area contributed by atoms with Crippen LogP contribution in [0.4, 0.5) is 5.69 Å². The molecule has 0 aliphatic carbocycles. The normalized spacial score (nSPS) is 10.8. The van der Waals surface area contributed by atoms with Gasteiger partial charge in [0.25, 0.3) is 5.56 Å². The van der Waals surface area contributed by atoms with Gasteiger partial charge in [0.1, 0.15) is 0 Å². The van der Waals surface area contributed by atoms with Crippen molar-refractivity contribution < 1.29 is 4.79 Å². The molecule has 128 valence electrons. The maximum absolute atomic E-state index is 12.5. The summed E-state index contributed by atoms with van der Waals surface area (Å²) in [6.45, 7) is -0.0178. The van der Waals surface area contributed by atoms with Crippen LogP contribution < -0.4 is 10.9 Å². The van der Waals surface area contributed by atoms with Gasteiger partial charge in [0, 0.05) is 10.7 Å². The summed E-state index contributed by atoms with van der Waals surface area (Å²) in [7, 11) is 0.